The molecule has 0 bridgehead atoms. The van der Waals surface area contributed by atoms with Crippen LogP contribution < -0.4 is 10.2 Å². The van der Waals surface area contributed by atoms with Crippen LogP contribution in [0.3, 0.4) is 0 Å². The van der Waals surface area contributed by atoms with Gasteiger partial charge in [-0.2, -0.15) is 0 Å². The van der Waals surface area contributed by atoms with Gasteiger partial charge in [-0.15, -0.1) is 0 Å². The van der Waals surface area contributed by atoms with Crippen LogP contribution in [0.15, 0.2) is 18.2 Å². The van der Waals surface area contributed by atoms with Crippen molar-refractivity contribution in [2.45, 2.75) is 39.3 Å². The van der Waals surface area contributed by atoms with E-state index in [0.29, 0.717) is 12.5 Å². The van der Waals surface area contributed by atoms with Crippen LogP contribution in [0.5, 0.6) is 0 Å². The van der Waals surface area contributed by atoms with E-state index in [1.165, 1.54) is 5.56 Å². The third-order valence-electron chi connectivity index (χ3n) is 3.63. The first-order chi connectivity index (χ1) is 9.56. The molecule has 20 heavy (non-hydrogen) atoms. The van der Waals surface area contributed by atoms with Crippen LogP contribution in [0.4, 0.5) is 5.69 Å². The molecule has 1 fully saturated rings. The van der Waals surface area contributed by atoms with Crippen molar-refractivity contribution >= 4 is 17.3 Å². The smallest absolute Gasteiger partial charge is 0.0715 e. The summed E-state index contributed by atoms with van der Waals surface area (Å²) >= 11 is 6.40. The molecule has 0 aromatic heterocycles. The van der Waals surface area contributed by atoms with E-state index in [0.717, 1.165) is 43.2 Å². The molecule has 0 radical (unpaired) electrons. The Morgan fingerprint density at radius 3 is 2.90 bits per heavy atom. The lowest BCUT2D eigenvalue weighted by Crippen LogP contribution is -2.38. The average Bonchev–Trinajstić information content (AvgIpc) is 2.38. The molecule has 1 aliphatic heterocycles. The number of β-amino-alcohol motifs (C(OH)–C–C–N with tert-alkyl or cyclic N) is 1. The van der Waals surface area contributed by atoms with Crippen LogP contribution in [0.1, 0.15) is 32.3 Å². The molecule has 4 heteroatoms. The Morgan fingerprint density at radius 1 is 1.45 bits per heavy atom. The molecular formula is C16H25ClN2O. The first-order valence-corrected chi connectivity index (χ1v) is 7.86. The average molecular weight is 297 g/mol. The molecule has 0 aliphatic carbocycles. The number of benzene rings is 1. The molecule has 2 rings (SSSR count). The Labute approximate surface area is 126 Å². The van der Waals surface area contributed by atoms with E-state index in [2.05, 4.69) is 36.2 Å². The number of halogens is 1. The second kappa shape index (κ2) is 7.30. The first kappa shape index (κ1) is 15.6. The van der Waals surface area contributed by atoms with Gasteiger partial charge in [0.05, 0.1) is 16.8 Å². The van der Waals surface area contributed by atoms with Gasteiger partial charge in [0.1, 0.15) is 0 Å². The van der Waals surface area contributed by atoms with Crippen LogP contribution >= 0.6 is 11.6 Å². The Hall–Kier alpha value is -0.770. The highest BCUT2D eigenvalue weighted by Crippen LogP contribution is 2.29. The summed E-state index contributed by atoms with van der Waals surface area (Å²) in [6.45, 7) is 7.92. The van der Waals surface area contributed by atoms with Gasteiger partial charge < -0.3 is 15.3 Å². The lowest BCUT2D eigenvalue weighted by molar-refractivity contribution is 0.154. The second-order valence-corrected chi connectivity index (χ2v) is 6.46. The standard InChI is InChI=1S/C16H25ClN2O/c1-12(2)9-18-10-13-5-6-16(15(17)8-13)19-7-3-4-14(20)11-19/h5-6,8,12,14,18,20H,3-4,7,9-11H2,1-2H3. The molecule has 1 aromatic rings. The maximum atomic E-state index is 9.76. The fourth-order valence-corrected chi connectivity index (χ4v) is 2.92. The molecule has 1 saturated heterocycles. The normalized spacial score (nSPS) is 19.6. The van der Waals surface area contributed by atoms with Gasteiger partial charge in [0.15, 0.2) is 0 Å². The summed E-state index contributed by atoms with van der Waals surface area (Å²) in [6, 6.07) is 6.23. The molecule has 2 N–H and O–H groups in total. The number of nitrogens with one attached hydrogen (secondary N) is 1. The molecule has 1 heterocycles. The molecule has 0 saturated carbocycles. The third-order valence-corrected chi connectivity index (χ3v) is 3.93. The Kier molecular flexibility index (Phi) is 5.70. The zero-order valence-corrected chi connectivity index (χ0v) is 13.2. The minimum Gasteiger partial charge on any atom is -0.391 e. The molecular weight excluding hydrogens is 272 g/mol. The van der Waals surface area contributed by atoms with E-state index in [4.69, 9.17) is 11.6 Å². The minimum atomic E-state index is -0.229. The summed E-state index contributed by atoms with van der Waals surface area (Å²) in [5, 5.41) is 14.0. The van der Waals surface area contributed by atoms with Crippen molar-refractivity contribution in [2.24, 2.45) is 5.92 Å². The van der Waals surface area contributed by atoms with Gasteiger partial charge in [-0.1, -0.05) is 31.5 Å². The third kappa shape index (κ3) is 4.37. The van der Waals surface area contributed by atoms with Gasteiger partial charge in [0.25, 0.3) is 0 Å². The van der Waals surface area contributed by atoms with Crippen LogP contribution in [-0.2, 0) is 6.54 Å². The molecule has 3 nitrogen and oxygen atoms in total. The SMILES string of the molecule is CC(C)CNCc1ccc(N2CCCC(O)C2)c(Cl)c1. The topological polar surface area (TPSA) is 35.5 Å². The number of hydrogen-bond acceptors (Lipinski definition) is 3. The van der Waals surface area contributed by atoms with Gasteiger partial charge in [0.2, 0.25) is 0 Å². The fourth-order valence-electron chi connectivity index (χ4n) is 2.60. The van der Waals surface area contributed by atoms with Gasteiger partial charge in [-0.25, -0.2) is 0 Å². The Morgan fingerprint density at radius 2 is 2.25 bits per heavy atom. The summed E-state index contributed by atoms with van der Waals surface area (Å²) < 4.78 is 0. The number of aliphatic hydroxyl groups excluding tert-OH is 1. The van der Waals surface area contributed by atoms with Gasteiger partial charge in [-0.05, 0) is 43.0 Å². The maximum absolute atomic E-state index is 9.76. The van der Waals surface area contributed by atoms with Crippen LogP contribution in [0.2, 0.25) is 5.02 Å². The molecule has 1 unspecified atom stereocenters. The number of rotatable bonds is 5. The van der Waals surface area contributed by atoms with Crippen molar-refractivity contribution in [3.63, 3.8) is 0 Å². The highest BCUT2D eigenvalue weighted by molar-refractivity contribution is 6.33. The van der Waals surface area contributed by atoms with Crippen LogP contribution in [0, 0.1) is 5.92 Å². The van der Waals surface area contributed by atoms with E-state index in [1.54, 1.807) is 0 Å². The molecule has 112 valence electrons. The van der Waals surface area contributed by atoms with E-state index in [-0.39, 0.29) is 6.10 Å². The Balaban J connectivity index is 1.98. The number of aliphatic hydroxyl groups is 1. The van der Waals surface area contributed by atoms with Crippen molar-refractivity contribution in [3.05, 3.63) is 28.8 Å². The fraction of sp³-hybridized carbons (Fsp3) is 0.625. The summed E-state index contributed by atoms with van der Waals surface area (Å²) in [4.78, 5) is 2.18. The highest BCUT2D eigenvalue weighted by Gasteiger charge is 2.19. The Bertz CT molecular complexity index is 436. The zero-order chi connectivity index (χ0) is 14.5. The molecule has 1 atom stereocenters. The predicted molar refractivity (Wildman–Crippen MR) is 85.5 cm³/mol. The van der Waals surface area contributed by atoms with E-state index in [9.17, 15) is 5.11 Å². The van der Waals surface area contributed by atoms with Crippen molar-refractivity contribution < 1.29 is 5.11 Å². The van der Waals surface area contributed by atoms with E-state index >= 15 is 0 Å². The second-order valence-electron chi connectivity index (χ2n) is 6.05. The summed E-state index contributed by atoms with van der Waals surface area (Å²) in [6.07, 6.45) is 1.69. The lowest BCUT2D eigenvalue weighted by Gasteiger charge is -2.32. The quantitative estimate of drug-likeness (QED) is 0.877. The predicted octanol–water partition coefficient (Wildman–Crippen LogP) is 3.05. The van der Waals surface area contributed by atoms with Crippen molar-refractivity contribution in [1.29, 1.82) is 0 Å². The monoisotopic (exact) mass is 296 g/mol. The number of nitrogens with zero attached hydrogens (tertiary/aromatic N) is 1. The van der Waals surface area contributed by atoms with Crippen molar-refractivity contribution in [3.8, 4) is 0 Å². The van der Waals surface area contributed by atoms with Crippen LogP contribution in [0.25, 0.3) is 0 Å². The minimum absolute atomic E-state index is 0.229. The highest BCUT2D eigenvalue weighted by atomic mass is 35.5. The van der Waals surface area contributed by atoms with Crippen molar-refractivity contribution in [1.82, 2.24) is 5.32 Å². The van der Waals surface area contributed by atoms with Gasteiger partial charge >= 0.3 is 0 Å². The molecule has 0 amide bonds. The summed E-state index contributed by atoms with van der Waals surface area (Å²) in [5.74, 6) is 0.652. The maximum Gasteiger partial charge on any atom is 0.0715 e. The van der Waals surface area contributed by atoms with E-state index < -0.39 is 0 Å². The van der Waals surface area contributed by atoms with E-state index in [1.807, 2.05) is 6.07 Å². The molecule has 1 aromatic carbocycles. The number of hydrogen-bond donors (Lipinski definition) is 2. The van der Waals surface area contributed by atoms with Crippen LogP contribution in [-0.4, -0.2) is 30.8 Å². The largest absolute Gasteiger partial charge is 0.391 e. The van der Waals surface area contributed by atoms with Gasteiger partial charge in [-0.3, -0.25) is 0 Å². The summed E-state index contributed by atoms with van der Waals surface area (Å²) in [5.41, 5.74) is 2.25. The number of anilines is 1. The summed E-state index contributed by atoms with van der Waals surface area (Å²) in [7, 11) is 0. The lowest BCUT2D eigenvalue weighted by atomic mass is 10.1. The van der Waals surface area contributed by atoms with Crippen molar-refractivity contribution in [2.75, 3.05) is 24.5 Å². The zero-order valence-electron chi connectivity index (χ0n) is 12.4. The first-order valence-electron chi connectivity index (χ1n) is 7.48. The van der Waals surface area contributed by atoms with Gasteiger partial charge in [0, 0.05) is 19.6 Å². The number of piperidine rings is 1. The molecule has 1 aliphatic rings. The molecule has 0 spiro atoms.